The second kappa shape index (κ2) is 11.1. The van der Waals surface area contributed by atoms with E-state index in [1.165, 1.54) is 0 Å². The molecule has 3 rings (SSSR count). The number of hydrogen-bond donors (Lipinski definition) is 1. The van der Waals surface area contributed by atoms with Gasteiger partial charge >= 0.3 is 0 Å². The molecule has 1 N–H and O–H groups in total. The maximum absolute atomic E-state index is 6.77. The van der Waals surface area contributed by atoms with Crippen molar-refractivity contribution >= 4 is 41.9 Å². The summed E-state index contributed by atoms with van der Waals surface area (Å²) < 4.78 is 28.2. The van der Waals surface area contributed by atoms with E-state index in [4.69, 9.17) is 23.3 Å². The van der Waals surface area contributed by atoms with Crippen LogP contribution in [-0.4, -0.2) is 75.9 Å². The van der Waals surface area contributed by atoms with Gasteiger partial charge in [-0.05, 0) is 52.6 Å². The third-order valence-electron chi connectivity index (χ3n) is 5.35. The summed E-state index contributed by atoms with van der Waals surface area (Å²) in [5.41, 5.74) is 2.55. The Labute approximate surface area is 219 Å². The highest BCUT2D eigenvalue weighted by Gasteiger charge is 2.50. The molecular weight excluding hydrogens is 507 g/mol. The maximum atomic E-state index is 6.77. The molecule has 2 aromatic rings. The Hall–Kier alpha value is -1.42. The first kappa shape index (κ1) is 29.1. The zero-order valence-corrected chi connectivity index (χ0v) is 26.7. The van der Waals surface area contributed by atoms with Gasteiger partial charge < -0.3 is 23.3 Å². The molecule has 0 aromatic carbocycles. The van der Waals surface area contributed by atoms with E-state index in [0.717, 1.165) is 29.0 Å². The first-order valence-corrected chi connectivity index (χ1v) is 23.0. The van der Waals surface area contributed by atoms with E-state index in [-0.39, 0.29) is 18.3 Å². The average Bonchev–Trinajstić information content (AvgIpc) is 3.25. The van der Waals surface area contributed by atoms with Crippen molar-refractivity contribution < 1.29 is 18.3 Å². The molecular formula is C24H45N5O4Si3. The lowest BCUT2D eigenvalue weighted by Gasteiger charge is -2.34. The van der Waals surface area contributed by atoms with Crippen LogP contribution < -0.4 is 4.98 Å². The van der Waals surface area contributed by atoms with Crippen LogP contribution in [0.1, 0.15) is 19.6 Å². The molecule has 3 heterocycles. The van der Waals surface area contributed by atoms with Crippen LogP contribution in [0.15, 0.2) is 24.8 Å². The molecule has 1 aliphatic rings. The van der Waals surface area contributed by atoms with E-state index in [9.17, 15) is 0 Å². The SMILES string of the molecule is C=C(C)CCOCC1OC(n2cnc3c(N[Si](C)(C)C)ncnc32)C(O[Si](C)(C)C)C1O[Si](C)(C)C. The fraction of sp³-hybridized carbons (Fsp3) is 0.708. The van der Waals surface area contributed by atoms with Crippen LogP contribution >= 0.6 is 0 Å². The number of fused-ring (bicyclic) bond motifs is 1. The van der Waals surface area contributed by atoms with E-state index >= 15 is 0 Å². The van der Waals surface area contributed by atoms with Gasteiger partial charge in [-0.2, -0.15) is 0 Å². The zero-order chi connectivity index (χ0) is 26.9. The number of anilines is 1. The standard InChI is InChI=1S/C24H45N5O4Si3/c1-17(2)12-13-30-14-18-20(32-35(6,7)8)21(33-36(9,10)11)24(31-18)29-16-27-19-22(28-34(3,4)5)25-15-26-23(19)29/h15-16,18,20-21,24H,1,12-14H2,2-11H3,(H,25,26,28). The highest BCUT2D eigenvalue weighted by molar-refractivity contribution is 6.79. The van der Waals surface area contributed by atoms with E-state index in [2.05, 4.69) is 80.5 Å². The molecule has 2 aromatic heterocycles. The van der Waals surface area contributed by atoms with Crippen LogP contribution in [0, 0.1) is 0 Å². The number of imidazole rings is 1. The Bertz CT molecular complexity index is 1050. The van der Waals surface area contributed by atoms with E-state index in [1.807, 2.05) is 11.5 Å². The Morgan fingerprint density at radius 2 is 1.64 bits per heavy atom. The van der Waals surface area contributed by atoms with E-state index in [1.54, 1.807) is 12.7 Å². The molecule has 12 heteroatoms. The van der Waals surface area contributed by atoms with Gasteiger partial charge in [0.25, 0.3) is 0 Å². The lowest BCUT2D eigenvalue weighted by molar-refractivity contribution is -0.0628. The van der Waals surface area contributed by atoms with Crippen molar-refractivity contribution in [3.63, 3.8) is 0 Å². The molecule has 0 spiro atoms. The van der Waals surface area contributed by atoms with Crippen molar-refractivity contribution in [2.75, 3.05) is 18.2 Å². The lowest BCUT2D eigenvalue weighted by Crippen LogP contribution is -2.48. The second-order valence-electron chi connectivity index (χ2n) is 12.7. The summed E-state index contributed by atoms with van der Waals surface area (Å²) in [7, 11) is -5.51. The zero-order valence-electron chi connectivity index (χ0n) is 23.7. The Morgan fingerprint density at radius 3 is 2.22 bits per heavy atom. The highest BCUT2D eigenvalue weighted by atomic mass is 28.4. The second-order valence-corrected chi connectivity index (χ2v) is 26.3. The van der Waals surface area contributed by atoms with Gasteiger partial charge in [0.1, 0.15) is 44.2 Å². The van der Waals surface area contributed by atoms with Crippen molar-refractivity contribution in [2.45, 2.75) is 96.8 Å². The summed E-state index contributed by atoms with van der Waals surface area (Å²) >= 11 is 0. The summed E-state index contributed by atoms with van der Waals surface area (Å²) in [6.07, 6.45) is 2.92. The van der Waals surface area contributed by atoms with Gasteiger partial charge in [-0.3, -0.25) is 4.57 Å². The van der Waals surface area contributed by atoms with Crippen molar-refractivity contribution in [3.8, 4) is 0 Å². The third kappa shape index (κ3) is 8.04. The molecule has 9 nitrogen and oxygen atoms in total. The highest BCUT2D eigenvalue weighted by Crippen LogP contribution is 2.38. The van der Waals surface area contributed by atoms with Gasteiger partial charge in [-0.15, -0.1) is 6.58 Å². The minimum Gasteiger partial charge on any atom is -0.409 e. The maximum Gasteiger partial charge on any atom is 0.184 e. The number of aromatic nitrogens is 4. The molecule has 202 valence electrons. The summed E-state index contributed by atoms with van der Waals surface area (Å²) in [5.74, 6) is 0.758. The minimum atomic E-state index is -1.96. The normalized spacial score (nSPS) is 23.4. The summed E-state index contributed by atoms with van der Waals surface area (Å²) in [6.45, 7) is 26.9. The van der Waals surface area contributed by atoms with Gasteiger partial charge in [-0.1, -0.05) is 25.2 Å². The predicted molar refractivity (Wildman–Crippen MR) is 153 cm³/mol. The topological polar surface area (TPSA) is 92.6 Å². The number of hydrogen-bond acceptors (Lipinski definition) is 8. The minimum absolute atomic E-state index is 0.253. The number of nitrogens with one attached hydrogen (secondary N) is 1. The van der Waals surface area contributed by atoms with Crippen LogP contribution in [0.3, 0.4) is 0 Å². The molecule has 4 unspecified atom stereocenters. The van der Waals surface area contributed by atoms with Gasteiger partial charge in [0.15, 0.2) is 28.5 Å². The molecule has 0 bridgehead atoms. The van der Waals surface area contributed by atoms with Crippen molar-refractivity contribution in [2.24, 2.45) is 0 Å². The van der Waals surface area contributed by atoms with Crippen molar-refractivity contribution in [1.82, 2.24) is 19.5 Å². The first-order valence-electron chi connectivity index (χ1n) is 12.7. The van der Waals surface area contributed by atoms with Crippen LogP contribution in [0.4, 0.5) is 5.82 Å². The van der Waals surface area contributed by atoms with Crippen LogP contribution in [0.2, 0.25) is 58.9 Å². The number of ether oxygens (including phenoxy) is 2. The van der Waals surface area contributed by atoms with E-state index < -0.39 is 31.1 Å². The molecule has 1 aliphatic heterocycles. The van der Waals surface area contributed by atoms with Gasteiger partial charge in [0, 0.05) is 0 Å². The third-order valence-corrected chi connectivity index (χ3v) is 8.29. The number of rotatable bonds is 12. The molecule has 1 fully saturated rings. The van der Waals surface area contributed by atoms with Crippen LogP contribution in [0.5, 0.6) is 0 Å². The smallest absolute Gasteiger partial charge is 0.184 e. The summed E-state index contributed by atoms with van der Waals surface area (Å²) in [4.78, 5) is 17.3. The molecule has 0 saturated carbocycles. The first-order chi connectivity index (χ1) is 16.5. The predicted octanol–water partition coefficient (Wildman–Crippen LogP) is 5.39. The van der Waals surface area contributed by atoms with Crippen LogP contribution in [-0.2, 0) is 18.3 Å². The molecule has 36 heavy (non-hydrogen) atoms. The Morgan fingerprint density at radius 1 is 1.00 bits per heavy atom. The fourth-order valence-electron chi connectivity index (χ4n) is 4.08. The van der Waals surface area contributed by atoms with Gasteiger partial charge in [0.2, 0.25) is 0 Å². The quantitative estimate of drug-likeness (QED) is 0.213. The largest absolute Gasteiger partial charge is 0.409 e. The molecule has 0 radical (unpaired) electrons. The van der Waals surface area contributed by atoms with Gasteiger partial charge in [-0.25, -0.2) is 15.0 Å². The summed E-state index contributed by atoms with van der Waals surface area (Å²) in [5, 5.41) is 0. The Kier molecular flexibility index (Phi) is 9.01. The lowest BCUT2D eigenvalue weighted by atomic mass is 10.1. The average molecular weight is 552 g/mol. The van der Waals surface area contributed by atoms with Gasteiger partial charge in [0.05, 0.1) is 19.5 Å². The summed E-state index contributed by atoms with van der Waals surface area (Å²) in [6, 6.07) is 0. The van der Waals surface area contributed by atoms with Crippen molar-refractivity contribution in [1.29, 1.82) is 0 Å². The van der Waals surface area contributed by atoms with E-state index in [0.29, 0.717) is 13.2 Å². The molecule has 1 saturated heterocycles. The monoisotopic (exact) mass is 551 g/mol. The van der Waals surface area contributed by atoms with Crippen LogP contribution in [0.25, 0.3) is 11.2 Å². The molecule has 0 aliphatic carbocycles. The Balaban J connectivity index is 1.99. The molecule has 4 atom stereocenters. The number of nitrogens with zero attached hydrogens (tertiary/aromatic N) is 4. The van der Waals surface area contributed by atoms with Crippen molar-refractivity contribution in [3.05, 3.63) is 24.8 Å². The fourth-order valence-corrected chi connectivity index (χ4v) is 7.14. The molecule has 0 amide bonds.